The van der Waals surface area contributed by atoms with Crippen LogP contribution in [-0.2, 0) is 7.05 Å². The molecule has 0 bridgehead atoms. The van der Waals surface area contributed by atoms with Gasteiger partial charge < -0.3 is 14.2 Å². The molecule has 1 fully saturated rings. The molecule has 2 aliphatic rings. The number of urea groups is 1. The molecule has 5 rings (SSSR count). The minimum Gasteiger partial charge on any atom is -0.483 e. The lowest BCUT2D eigenvalue weighted by Crippen LogP contribution is -2.58. The lowest BCUT2D eigenvalue weighted by molar-refractivity contribution is 0.0257. The molecule has 0 saturated carbocycles. The van der Waals surface area contributed by atoms with Crippen LogP contribution in [0.25, 0.3) is 11.5 Å². The summed E-state index contributed by atoms with van der Waals surface area (Å²) in [6.07, 6.45) is 4.52. The van der Waals surface area contributed by atoms with Crippen LogP contribution >= 0.6 is 0 Å². The van der Waals surface area contributed by atoms with Gasteiger partial charge in [-0.3, -0.25) is 0 Å². The number of hydrogen-bond acceptors (Lipinski definition) is 6. The molecule has 2 aliphatic heterocycles. The molecule has 9 nitrogen and oxygen atoms in total. The van der Waals surface area contributed by atoms with E-state index in [1.165, 1.54) is 22.0 Å². The van der Waals surface area contributed by atoms with E-state index in [0.29, 0.717) is 23.5 Å². The fraction of sp³-hybridized carbons (Fsp3) is 0.292. The standard InChI is InChI=1S/C24H21F2N7O2/c1-14-11-31(2)23(30-14)20-8-22(19(26)10-28-20)35-18-12-32(13-18)24(34)33-21(3-4-29-33)16-5-15(9-27)6-17(25)7-16/h4-8,10-11,18,21H,3,12-13H2,1-2H3/t21-/m0/s1. The molecule has 1 aromatic carbocycles. The number of likely N-dealkylation sites (tertiary alicyclic amines) is 1. The lowest BCUT2D eigenvalue weighted by atomic mass is 10.0. The monoisotopic (exact) mass is 477 g/mol. The number of nitriles is 1. The van der Waals surface area contributed by atoms with Gasteiger partial charge in [-0.1, -0.05) is 0 Å². The van der Waals surface area contributed by atoms with Gasteiger partial charge in [-0.25, -0.2) is 28.6 Å². The van der Waals surface area contributed by atoms with Gasteiger partial charge in [-0.15, -0.1) is 0 Å². The van der Waals surface area contributed by atoms with Crippen molar-refractivity contribution in [2.75, 3.05) is 13.1 Å². The molecule has 3 aromatic rings. The Balaban J connectivity index is 1.25. The van der Waals surface area contributed by atoms with E-state index in [4.69, 9.17) is 10.00 Å². The van der Waals surface area contributed by atoms with Crippen molar-refractivity contribution in [1.82, 2.24) is 24.4 Å². The first-order chi connectivity index (χ1) is 16.8. The van der Waals surface area contributed by atoms with Gasteiger partial charge in [-0.05, 0) is 30.7 Å². The highest BCUT2D eigenvalue weighted by Gasteiger charge is 2.39. The smallest absolute Gasteiger partial charge is 0.341 e. The summed E-state index contributed by atoms with van der Waals surface area (Å²) in [6, 6.07) is 6.54. The van der Waals surface area contributed by atoms with E-state index >= 15 is 0 Å². The molecular weight excluding hydrogens is 456 g/mol. The third-order valence-corrected chi connectivity index (χ3v) is 5.92. The molecule has 11 heteroatoms. The minimum absolute atomic E-state index is 0.0358. The topological polar surface area (TPSA) is 99.6 Å². The number of imidazole rings is 1. The van der Waals surface area contributed by atoms with E-state index in [9.17, 15) is 13.6 Å². The fourth-order valence-corrected chi connectivity index (χ4v) is 4.22. The van der Waals surface area contributed by atoms with Gasteiger partial charge in [0.2, 0.25) is 0 Å². The van der Waals surface area contributed by atoms with E-state index < -0.39 is 23.8 Å². The number of amides is 2. The second-order valence-corrected chi connectivity index (χ2v) is 8.52. The number of hydrazone groups is 1. The highest BCUT2D eigenvalue weighted by molar-refractivity contribution is 5.79. The minimum atomic E-state index is -0.604. The van der Waals surface area contributed by atoms with Crippen LogP contribution in [0.4, 0.5) is 13.6 Å². The Morgan fingerprint density at radius 2 is 2.03 bits per heavy atom. The van der Waals surface area contributed by atoms with Crippen LogP contribution in [0.5, 0.6) is 5.75 Å². The highest BCUT2D eigenvalue weighted by Crippen LogP contribution is 2.32. The number of nitrogens with zero attached hydrogens (tertiary/aromatic N) is 7. The largest absolute Gasteiger partial charge is 0.483 e. The van der Waals surface area contributed by atoms with Crippen LogP contribution in [0, 0.1) is 29.9 Å². The quantitative estimate of drug-likeness (QED) is 0.572. The highest BCUT2D eigenvalue weighted by atomic mass is 19.1. The second-order valence-electron chi connectivity index (χ2n) is 8.52. The predicted octanol–water partition coefficient (Wildman–Crippen LogP) is 3.56. The van der Waals surface area contributed by atoms with Crippen molar-refractivity contribution in [2.24, 2.45) is 12.1 Å². The third-order valence-electron chi connectivity index (χ3n) is 5.92. The molecule has 0 unspecified atom stereocenters. The molecule has 0 radical (unpaired) electrons. The molecule has 2 amide bonds. The number of carbonyl (C=O) groups is 1. The Morgan fingerprint density at radius 3 is 2.74 bits per heavy atom. The maximum absolute atomic E-state index is 14.4. The molecule has 0 spiro atoms. The van der Waals surface area contributed by atoms with Crippen molar-refractivity contribution < 1.29 is 18.3 Å². The van der Waals surface area contributed by atoms with E-state index in [1.807, 2.05) is 26.2 Å². The maximum Gasteiger partial charge on any atom is 0.341 e. The average molecular weight is 477 g/mol. The van der Waals surface area contributed by atoms with Crippen LogP contribution < -0.4 is 4.74 Å². The first kappa shape index (κ1) is 22.5. The van der Waals surface area contributed by atoms with E-state index in [2.05, 4.69) is 15.1 Å². The average Bonchev–Trinajstić information content (AvgIpc) is 3.42. The van der Waals surface area contributed by atoms with Crippen LogP contribution in [0.2, 0.25) is 0 Å². The Bertz CT molecular complexity index is 1370. The van der Waals surface area contributed by atoms with Gasteiger partial charge in [0.25, 0.3) is 0 Å². The summed E-state index contributed by atoms with van der Waals surface area (Å²) < 4.78 is 35.9. The summed E-state index contributed by atoms with van der Waals surface area (Å²) in [7, 11) is 1.83. The zero-order valence-electron chi connectivity index (χ0n) is 19.0. The number of pyridine rings is 1. The van der Waals surface area contributed by atoms with E-state index in [0.717, 1.165) is 18.0 Å². The Morgan fingerprint density at radius 1 is 1.23 bits per heavy atom. The summed E-state index contributed by atoms with van der Waals surface area (Å²) >= 11 is 0. The van der Waals surface area contributed by atoms with Crippen molar-refractivity contribution in [1.29, 1.82) is 5.26 Å². The molecule has 35 heavy (non-hydrogen) atoms. The molecule has 4 heterocycles. The first-order valence-electron chi connectivity index (χ1n) is 11.0. The predicted molar refractivity (Wildman–Crippen MR) is 121 cm³/mol. The van der Waals surface area contributed by atoms with Crippen molar-refractivity contribution in [2.45, 2.75) is 25.5 Å². The number of aryl methyl sites for hydroxylation is 2. The number of halogens is 2. The summed E-state index contributed by atoms with van der Waals surface area (Å²) in [6.45, 7) is 2.33. The molecule has 2 aromatic heterocycles. The summed E-state index contributed by atoms with van der Waals surface area (Å²) in [5, 5.41) is 14.6. The maximum atomic E-state index is 14.4. The van der Waals surface area contributed by atoms with Gasteiger partial charge in [0.15, 0.2) is 17.4 Å². The number of aromatic nitrogens is 3. The van der Waals surface area contributed by atoms with Crippen molar-refractivity contribution >= 4 is 12.2 Å². The van der Waals surface area contributed by atoms with Gasteiger partial charge in [0.05, 0.1) is 42.7 Å². The van der Waals surface area contributed by atoms with Crippen molar-refractivity contribution in [3.05, 3.63) is 65.1 Å². The molecular formula is C24H21F2N7O2. The van der Waals surface area contributed by atoms with Crippen LogP contribution in [0.1, 0.15) is 29.3 Å². The van der Waals surface area contributed by atoms with E-state index in [1.54, 1.807) is 16.8 Å². The van der Waals surface area contributed by atoms with Crippen LogP contribution in [-0.4, -0.2) is 55.9 Å². The third kappa shape index (κ3) is 4.30. The second kappa shape index (κ2) is 8.79. The number of hydrogen-bond donors (Lipinski definition) is 0. The number of rotatable bonds is 4. The van der Waals surface area contributed by atoms with E-state index in [-0.39, 0.29) is 30.4 Å². The van der Waals surface area contributed by atoms with Gasteiger partial charge in [-0.2, -0.15) is 10.4 Å². The Labute approximate surface area is 199 Å². The zero-order valence-corrected chi connectivity index (χ0v) is 19.0. The van der Waals surface area contributed by atoms with Crippen molar-refractivity contribution in [3.8, 4) is 23.3 Å². The van der Waals surface area contributed by atoms with Crippen molar-refractivity contribution in [3.63, 3.8) is 0 Å². The summed E-state index contributed by atoms with van der Waals surface area (Å²) in [5.41, 5.74) is 1.97. The number of ether oxygens (including phenoxy) is 1. The first-order valence-corrected chi connectivity index (χ1v) is 11.0. The molecule has 0 N–H and O–H groups in total. The lowest BCUT2D eigenvalue weighted by Gasteiger charge is -2.41. The number of benzene rings is 1. The van der Waals surface area contributed by atoms with Crippen LogP contribution in [0.3, 0.4) is 0 Å². The molecule has 0 aliphatic carbocycles. The summed E-state index contributed by atoms with van der Waals surface area (Å²) in [5.74, 6) is -0.524. The number of carbonyl (C=O) groups excluding carboxylic acids is 1. The Kier molecular flexibility index (Phi) is 5.64. The zero-order chi connectivity index (χ0) is 24.7. The van der Waals surface area contributed by atoms with Gasteiger partial charge >= 0.3 is 6.03 Å². The Hall–Kier alpha value is -4.33. The molecule has 178 valence electrons. The summed E-state index contributed by atoms with van der Waals surface area (Å²) in [4.78, 5) is 23.1. The molecule has 1 atom stereocenters. The fourth-order valence-electron chi connectivity index (χ4n) is 4.22. The SMILES string of the molecule is Cc1cn(C)c(-c2cc(OC3CN(C(=O)N4N=CC[C@H]4c4cc(F)cc(C#N)c4)C3)c(F)cn2)n1. The van der Waals surface area contributed by atoms with Gasteiger partial charge in [0.1, 0.15) is 17.6 Å². The molecule has 1 saturated heterocycles. The van der Waals surface area contributed by atoms with Gasteiger partial charge in [0, 0.05) is 31.9 Å². The normalized spacial score (nSPS) is 17.4. The van der Waals surface area contributed by atoms with Crippen LogP contribution in [0.15, 0.2) is 41.8 Å².